The van der Waals surface area contributed by atoms with Gasteiger partial charge in [-0.3, -0.25) is 4.57 Å². The van der Waals surface area contributed by atoms with Crippen LogP contribution in [0.25, 0.3) is 50.0 Å². The van der Waals surface area contributed by atoms with E-state index in [1.54, 1.807) is 48.8 Å². The highest BCUT2D eigenvalue weighted by atomic mass is 19.1. The normalized spacial score (nSPS) is 11.1. The molecule has 0 saturated heterocycles. The van der Waals surface area contributed by atoms with Gasteiger partial charge in [0.1, 0.15) is 5.82 Å². The summed E-state index contributed by atoms with van der Waals surface area (Å²) in [6.07, 6.45) is 3.32. The van der Waals surface area contributed by atoms with Crippen molar-refractivity contribution in [2.24, 2.45) is 0 Å². The van der Waals surface area contributed by atoms with Crippen molar-refractivity contribution >= 4 is 33.7 Å². The predicted octanol–water partition coefficient (Wildman–Crippen LogP) is 6.62. The summed E-state index contributed by atoms with van der Waals surface area (Å²) in [6.45, 7) is 0. The predicted molar refractivity (Wildman–Crippen MR) is 150 cm³/mol. The topological polar surface area (TPSA) is 83.3 Å². The molecule has 0 unspecified atom stereocenters. The van der Waals surface area contributed by atoms with Gasteiger partial charge in [0.05, 0.1) is 36.4 Å². The Balaban J connectivity index is 1.68. The lowest BCUT2D eigenvalue weighted by Gasteiger charge is -2.12. The number of halogens is 1. The molecule has 40 heavy (non-hydrogen) atoms. The van der Waals surface area contributed by atoms with Crippen LogP contribution in [0.2, 0.25) is 0 Å². The largest absolute Gasteiger partial charge is 0.465 e. The lowest BCUT2D eigenvalue weighted by atomic mass is 9.93. The molecule has 0 N–H and O–H groups in total. The standard InChI is InChI=1S/C32H22FN3O4/c1-39-30(37)21-8-4-19(5-9-21)23-16-25(20-6-10-22(11-7-20)31(38)40-2)29-26-18-24(33)12-13-27(26)36(28(29)17-23)32-34-14-3-15-35-32/h3-18H,1-2H3. The van der Waals surface area contributed by atoms with Crippen LogP contribution >= 0.6 is 0 Å². The fourth-order valence-corrected chi connectivity index (χ4v) is 4.96. The molecule has 6 aromatic rings. The Bertz CT molecular complexity index is 1900. The molecule has 0 saturated carbocycles. The van der Waals surface area contributed by atoms with E-state index in [1.165, 1.54) is 26.4 Å². The molecule has 2 heterocycles. The number of aromatic nitrogens is 3. The highest BCUT2D eigenvalue weighted by Crippen LogP contribution is 2.41. The summed E-state index contributed by atoms with van der Waals surface area (Å²) in [5.41, 5.74) is 5.74. The third-order valence-corrected chi connectivity index (χ3v) is 6.84. The molecule has 0 bridgehead atoms. The monoisotopic (exact) mass is 531 g/mol. The van der Waals surface area contributed by atoms with Gasteiger partial charge < -0.3 is 9.47 Å². The first-order chi connectivity index (χ1) is 19.5. The number of benzene rings is 4. The van der Waals surface area contributed by atoms with Crippen molar-refractivity contribution in [2.45, 2.75) is 0 Å². The Morgan fingerprint density at radius 3 is 1.90 bits per heavy atom. The van der Waals surface area contributed by atoms with Crippen LogP contribution in [-0.4, -0.2) is 40.7 Å². The van der Waals surface area contributed by atoms with E-state index in [-0.39, 0.29) is 5.82 Å². The second kappa shape index (κ2) is 10.1. The smallest absolute Gasteiger partial charge is 0.337 e. The zero-order valence-electron chi connectivity index (χ0n) is 21.6. The van der Waals surface area contributed by atoms with Gasteiger partial charge in [-0.15, -0.1) is 0 Å². The van der Waals surface area contributed by atoms with Gasteiger partial charge in [0.25, 0.3) is 0 Å². The second-order valence-electron chi connectivity index (χ2n) is 9.10. The summed E-state index contributed by atoms with van der Waals surface area (Å²) in [4.78, 5) is 33.0. The molecule has 196 valence electrons. The Labute approximate surface area is 228 Å². The first-order valence-electron chi connectivity index (χ1n) is 12.4. The fraction of sp³-hybridized carbons (Fsp3) is 0.0625. The lowest BCUT2D eigenvalue weighted by molar-refractivity contribution is 0.0592. The van der Waals surface area contributed by atoms with E-state index in [2.05, 4.69) is 9.97 Å². The number of rotatable bonds is 5. The Morgan fingerprint density at radius 1 is 0.700 bits per heavy atom. The van der Waals surface area contributed by atoms with Gasteiger partial charge in [-0.25, -0.2) is 23.9 Å². The van der Waals surface area contributed by atoms with Gasteiger partial charge in [0.2, 0.25) is 5.95 Å². The average Bonchev–Trinajstić information content (AvgIpc) is 3.33. The summed E-state index contributed by atoms with van der Waals surface area (Å²) in [5, 5.41) is 1.50. The van der Waals surface area contributed by atoms with Crippen molar-refractivity contribution in [3.8, 4) is 28.2 Å². The number of hydrogen-bond donors (Lipinski definition) is 0. The van der Waals surface area contributed by atoms with E-state index in [0.717, 1.165) is 38.7 Å². The maximum Gasteiger partial charge on any atom is 0.337 e. The molecule has 6 rings (SSSR count). The van der Waals surface area contributed by atoms with Crippen molar-refractivity contribution in [2.75, 3.05) is 14.2 Å². The van der Waals surface area contributed by atoms with Crippen LogP contribution in [0.5, 0.6) is 0 Å². The Morgan fingerprint density at radius 2 is 1.30 bits per heavy atom. The number of fused-ring (bicyclic) bond motifs is 3. The maximum absolute atomic E-state index is 14.6. The van der Waals surface area contributed by atoms with E-state index in [1.807, 2.05) is 41.0 Å². The maximum atomic E-state index is 14.6. The second-order valence-corrected chi connectivity index (χ2v) is 9.10. The van der Waals surface area contributed by atoms with Crippen LogP contribution in [0.1, 0.15) is 20.7 Å². The first kappa shape index (κ1) is 24.9. The third-order valence-electron chi connectivity index (χ3n) is 6.84. The number of carbonyl (C=O) groups is 2. The molecule has 0 spiro atoms. The van der Waals surface area contributed by atoms with Crippen LogP contribution in [-0.2, 0) is 9.47 Å². The SMILES string of the molecule is COC(=O)c1ccc(-c2cc(-c3ccc(C(=O)OC)cc3)c3c4cc(F)ccc4n(-c4ncccn4)c3c2)cc1. The molecule has 0 aliphatic rings. The van der Waals surface area contributed by atoms with Crippen LogP contribution in [0, 0.1) is 5.82 Å². The highest BCUT2D eigenvalue weighted by molar-refractivity contribution is 6.17. The summed E-state index contributed by atoms with van der Waals surface area (Å²) in [6, 6.07) is 24.6. The minimum Gasteiger partial charge on any atom is -0.465 e. The molecule has 0 aliphatic heterocycles. The van der Waals surface area contributed by atoms with E-state index >= 15 is 0 Å². The highest BCUT2D eigenvalue weighted by Gasteiger charge is 2.20. The number of ether oxygens (including phenoxy) is 2. The quantitative estimate of drug-likeness (QED) is 0.233. The van der Waals surface area contributed by atoms with Gasteiger partial charge in [-0.05, 0) is 82.9 Å². The fourth-order valence-electron chi connectivity index (χ4n) is 4.96. The summed E-state index contributed by atoms with van der Waals surface area (Å²) < 4.78 is 26.2. The zero-order chi connectivity index (χ0) is 27.8. The van der Waals surface area contributed by atoms with Crippen LogP contribution in [0.4, 0.5) is 4.39 Å². The van der Waals surface area contributed by atoms with Crippen molar-refractivity contribution < 1.29 is 23.5 Å². The number of carbonyl (C=O) groups excluding carboxylic acids is 2. The van der Waals surface area contributed by atoms with Crippen molar-refractivity contribution in [1.82, 2.24) is 14.5 Å². The lowest BCUT2D eigenvalue weighted by Crippen LogP contribution is -2.01. The number of methoxy groups -OCH3 is 2. The molecule has 0 aliphatic carbocycles. The zero-order valence-corrected chi connectivity index (χ0v) is 21.6. The van der Waals surface area contributed by atoms with Gasteiger partial charge in [0.15, 0.2) is 0 Å². The number of hydrogen-bond acceptors (Lipinski definition) is 6. The first-order valence-corrected chi connectivity index (χ1v) is 12.4. The Kier molecular flexibility index (Phi) is 6.28. The number of esters is 2. The molecule has 7 nitrogen and oxygen atoms in total. The van der Waals surface area contributed by atoms with E-state index < -0.39 is 11.9 Å². The molecule has 2 aromatic heterocycles. The van der Waals surface area contributed by atoms with Gasteiger partial charge in [0, 0.05) is 23.2 Å². The summed E-state index contributed by atoms with van der Waals surface area (Å²) in [7, 11) is 2.68. The molecule has 0 fully saturated rings. The number of nitrogens with zero attached hydrogens (tertiary/aromatic N) is 3. The molecule has 0 atom stereocenters. The van der Waals surface area contributed by atoms with E-state index in [0.29, 0.717) is 22.5 Å². The van der Waals surface area contributed by atoms with Crippen LogP contribution < -0.4 is 0 Å². The minimum absolute atomic E-state index is 0.366. The minimum atomic E-state index is -0.434. The van der Waals surface area contributed by atoms with Gasteiger partial charge in [-0.2, -0.15) is 0 Å². The average molecular weight is 532 g/mol. The molecular formula is C32H22FN3O4. The molecule has 8 heteroatoms. The molecule has 0 amide bonds. The summed E-state index contributed by atoms with van der Waals surface area (Å²) >= 11 is 0. The van der Waals surface area contributed by atoms with Crippen molar-refractivity contribution in [1.29, 1.82) is 0 Å². The van der Waals surface area contributed by atoms with E-state index in [4.69, 9.17) is 9.47 Å². The molecule has 4 aromatic carbocycles. The van der Waals surface area contributed by atoms with Crippen molar-refractivity contribution in [3.05, 3.63) is 114 Å². The van der Waals surface area contributed by atoms with Crippen molar-refractivity contribution in [3.63, 3.8) is 0 Å². The molecule has 0 radical (unpaired) electrons. The van der Waals surface area contributed by atoms with Crippen LogP contribution in [0.3, 0.4) is 0 Å². The third kappa shape index (κ3) is 4.25. The van der Waals surface area contributed by atoms with E-state index in [9.17, 15) is 14.0 Å². The van der Waals surface area contributed by atoms with Gasteiger partial charge in [-0.1, -0.05) is 24.3 Å². The van der Waals surface area contributed by atoms with Gasteiger partial charge >= 0.3 is 11.9 Å². The Hall–Kier alpha value is -5.37. The summed E-state index contributed by atoms with van der Waals surface area (Å²) in [5.74, 6) is -0.776. The molecular weight excluding hydrogens is 509 g/mol. The van der Waals surface area contributed by atoms with Crippen LogP contribution in [0.15, 0.2) is 97.3 Å².